The zero-order chi connectivity index (χ0) is 13.7. The minimum atomic E-state index is 0. The Bertz CT molecular complexity index is 440. The molecule has 2 atom stereocenters. The third-order valence-electron chi connectivity index (χ3n) is 3.61. The van der Waals surface area contributed by atoms with Crippen molar-refractivity contribution in [1.82, 2.24) is 5.32 Å². The van der Waals surface area contributed by atoms with Crippen LogP contribution in [-0.2, 0) is 22.7 Å². The molecule has 20 heavy (non-hydrogen) atoms. The van der Waals surface area contributed by atoms with Gasteiger partial charge in [-0.15, -0.1) is 12.4 Å². The van der Waals surface area contributed by atoms with Gasteiger partial charge >= 0.3 is 0 Å². The van der Waals surface area contributed by atoms with Crippen molar-refractivity contribution in [2.24, 2.45) is 11.7 Å². The number of halogens is 1. The fraction of sp³-hybridized carbons (Fsp3) is 0.533. The maximum atomic E-state index is 12.0. The Balaban J connectivity index is 0.00000200. The summed E-state index contributed by atoms with van der Waals surface area (Å²) in [5.41, 5.74) is 8.05. The predicted octanol–water partition coefficient (Wildman–Crippen LogP) is 2.00. The molecule has 0 saturated heterocycles. The van der Waals surface area contributed by atoms with Crippen molar-refractivity contribution in [3.8, 4) is 0 Å². The van der Waals surface area contributed by atoms with Crippen LogP contribution < -0.4 is 11.1 Å². The van der Waals surface area contributed by atoms with Gasteiger partial charge < -0.3 is 15.8 Å². The second-order valence-corrected chi connectivity index (χ2v) is 5.24. The molecular weight excluding hydrogens is 276 g/mol. The van der Waals surface area contributed by atoms with Crippen LogP contribution in [0.15, 0.2) is 24.3 Å². The highest BCUT2D eigenvalue weighted by atomic mass is 35.5. The monoisotopic (exact) mass is 298 g/mol. The summed E-state index contributed by atoms with van der Waals surface area (Å²) in [7, 11) is 1.68. The highest BCUT2D eigenvalue weighted by Gasteiger charge is 2.27. The molecule has 1 aliphatic carbocycles. The molecule has 1 saturated carbocycles. The third-order valence-corrected chi connectivity index (χ3v) is 3.61. The topological polar surface area (TPSA) is 64.3 Å². The van der Waals surface area contributed by atoms with Crippen LogP contribution in [0.3, 0.4) is 0 Å². The molecule has 0 radical (unpaired) electrons. The molecule has 0 heterocycles. The minimum Gasteiger partial charge on any atom is -0.380 e. The lowest BCUT2D eigenvalue weighted by molar-refractivity contribution is -0.125. The van der Waals surface area contributed by atoms with E-state index in [0.29, 0.717) is 13.2 Å². The summed E-state index contributed by atoms with van der Waals surface area (Å²) in [6.45, 7) is 1.17. The molecule has 1 aromatic rings. The van der Waals surface area contributed by atoms with E-state index in [1.807, 2.05) is 18.2 Å². The summed E-state index contributed by atoms with van der Waals surface area (Å²) in [6, 6.07) is 8.27. The highest BCUT2D eigenvalue weighted by molar-refractivity contribution is 5.85. The quantitative estimate of drug-likeness (QED) is 0.874. The second-order valence-electron chi connectivity index (χ2n) is 5.24. The average molecular weight is 299 g/mol. The van der Waals surface area contributed by atoms with Gasteiger partial charge in [-0.25, -0.2) is 0 Å². The van der Waals surface area contributed by atoms with Crippen LogP contribution in [-0.4, -0.2) is 19.1 Å². The van der Waals surface area contributed by atoms with Crippen LogP contribution >= 0.6 is 12.4 Å². The lowest BCUT2D eigenvalue weighted by atomic mass is 10.1. The molecule has 1 aliphatic rings. The van der Waals surface area contributed by atoms with Gasteiger partial charge in [-0.2, -0.15) is 0 Å². The van der Waals surface area contributed by atoms with E-state index in [4.69, 9.17) is 10.5 Å². The second kappa shape index (κ2) is 8.25. The molecule has 1 aromatic carbocycles. The Kier molecular flexibility index (Phi) is 6.99. The molecule has 1 amide bonds. The Hall–Kier alpha value is -1.10. The molecule has 0 aromatic heterocycles. The molecule has 0 spiro atoms. The van der Waals surface area contributed by atoms with Crippen molar-refractivity contribution in [3.05, 3.63) is 35.4 Å². The van der Waals surface area contributed by atoms with E-state index in [2.05, 4.69) is 11.4 Å². The maximum Gasteiger partial charge on any atom is 0.223 e. The summed E-state index contributed by atoms with van der Waals surface area (Å²) in [4.78, 5) is 12.0. The molecule has 2 rings (SSSR count). The van der Waals surface area contributed by atoms with Crippen LogP contribution in [0.1, 0.15) is 30.4 Å². The molecule has 2 unspecified atom stereocenters. The van der Waals surface area contributed by atoms with Gasteiger partial charge in [0.25, 0.3) is 0 Å². The standard InChI is InChI=1S/C15H22N2O2.ClH/c1-19-10-12-4-2-3-11(7-12)9-17-15(18)13-5-6-14(16)8-13;/h2-4,7,13-14H,5-6,8-10,16H2,1H3,(H,17,18);1H. The zero-order valence-electron chi connectivity index (χ0n) is 11.8. The lowest BCUT2D eigenvalue weighted by Gasteiger charge is -2.11. The van der Waals surface area contributed by atoms with Gasteiger partial charge in [-0.1, -0.05) is 24.3 Å². The first-order chi connectivity index (χ1) is 9.19. The number of amides is 1. The van der Waals surface area contributed by atoms with Gasteiger partial charge in [0.15, 0.2) is 0 Å². The molecular formula is C15H23ClN2O2. The summed E-state index contributed by atoms with van der Waals surface area (Å²) in [6.07, 6.45) is 2.69. The fourth-order valence-electron chi connectivity index (χ4n) is 2.58. The van der Waals surface area contributed by atoms with Gasteiger partial charge in [-0.3, -0.25) is 4.79 Å². The number of hydrogen-bond acceptors (Lipinski definition) is 3. The van der Waals surface area contributed by atoms with Crippen LogP contribution in [0.4, 0.5) is 0 Å². The van der Waals surface area contributed by atoms with Gasteiger partial charge in [0.2, 0.25) is 5.91 Å². The first-order valence-electron chi connectivity index (χ1n) is 6.79. The van der Waals surface area contributed by atoms with E-state index in [0.717, 1.165) is 30.4 Å². The SMILES string of the molecule is COCc1cccc(CNC(=O)C2CCC(N)C2)c1.Cl. The first-order valence-corrected chi connectivity index (χ1v) is 6.79. The number of hydrogen-bond donors (Lipinski definition) is 2. The molecule has 5 heteroatoms. The summed E-state index contributed by atoms with van der Waals surface area (Å²) in [5, 5.41) is 3.00. The van der Waals surface area contributed by atoms with E-state index in [1.54, 1.807) is 7.11 Å². The zero-order valence-corrected chi connectivity index (χ0v) is 12.6. The number of carbonyl (C=O) groups excluding carboxylic acids is 1. The predicted molar refractivity (Wildman–Crippen MR) is 81.6 cm³/mol. The minimum absolute atomic E-state index is 0. The summed E-state index contributed by atoms with van der Waals surface area (Å²) >= 11 is 0. The molecule has 112 valence electrons. The van der Waals surface area contributed by atoms with E-state index in [-0.39, 0.29) is 30.3 Å². The van der Waals surface area contributed by atoms with Crippen molar-refractivity contribution >= 4 is 18.3 Å². The summed E-state index contributed by atoms with van der Waals surface area (Å²) < 4.78 is 5.10. The number of nitrogens with one attached hydrogen (secondary N) is 1. The molecule has 3 N–H and O–H groups in total. The van der Waals surface area contributed by atoms with Crippen LogP contribution in [0, 0.1) is 5.92 Å². The summed E-state index contributed by atoms with van der Waals surface area (Å²) in [5.74, 6) is 0.224. The normalized spacial score (nSPS) is 21.3. The van der Waals surface area contributed by atoms with Gasteiger partial charge in [0.05, 0.1) is 6.61 Å². The number of methoxy groups -OCH3 is 1. The average Bonchev–Trinajstić information content (AvgIpc) is 2.84. The Labute approximate surface area is 126 Å². The number of rotatable bonds is 5. The van der Waals surface area contributed by atoms with Crippen molar-refractivity contribution in [1.29, 1.82) is 0 Å². The van der Waals surface area contributed by atoms with Crippen LogP contribution in [0.5, 0.6) is 0 Å². The van der Waals surface area contributed by atoms with Crippen molar-refractivity contribution < 1.29 is 9.53 Å². The molecule has 0 aliphatic heterocycles. The lowest BCUT2D eigenvalue weighted by Crippen LogP contribution is -2.30. The van der Waals surface area contributed by atoms with Gasteiger partial charge in [0, 0.05) is 25.6 Å². The third kappa shape index (κ3) is 4.78. The van der Waals surface area contributed by atoms with Crippen molar-refractivity contribution in [3.63, 3.8) is 0 Å². The number of carbonyl (C=O) groups is 1. The highest BCUT2D eigenvalue weighted by Crippen LogP contribution is 2.24. The van der Waals surface area contributed by atoms with Crippen LogP contribution in [0.2, 0.25) is 0 Å². The van der Waals surface area contributed by atoms with E-state index in [9.17, 15) is 4.79 Å². The molecule has 4 nitrogen and oxygen atoms in total. The molecule has 1 fully saturated rings. The van der Waals surface area contributed by atoms with Gasteiger partial charge in [-0.05, 0) is 30.4 Å². The first kappa shape index (κ1) is 17.0. The largest absolute Gasteiger partial charge is 0.380 e. The number of nitrogens with two attached hydrogens (primary N) is 1. The van der Waals surface area contributed by atoms with Crippen molar-refractivity contribution in [2.45, 2.75) is 38.5 Å². The van der Waals surface area contributed by atoms with Gasteiger partial charge in [0.1, 0.15) is 0 Å². The van der Waals surface area contributed by atoms with E-state index >= 15 is 0 Å². The van der Waals surface area contributed by atoms with E-state index < -0.39 is 0 Å². The van der Waals surface area contributed by atoms with Crippen LogP contribution in [0.25, 0.3) is 0 Å². The Morgan fingerprint density at radius 3 is 2.80 bits per heavy atom. The smallest absolute Gasteiger partial charge is 0.223 e. The maximum absolute atomic E-state index is 12.0. The fourth-order valence-corrected chi connectivity index (χ4v) is 2.58. The van der Waals surface area contributed by atoms with E-state index in [1.165, 1.54) is 0 Å². The number of benzene rings is 1. The molecule has 0 bridgehead atoms. The number of ether oxygens (including phenoxy) is 1. The van der Waals surface area contributed by atoms with Crippen molar-refractivity contribution in [2.75, 3.05) is 7.11 Å². The Morgan fingerprint density at radius 2 is 2.15 bits per heavy atom. The Morgan fingerprint density at radius 1 is 1.40 bits per heavy atom.